The van der Waals surface area contributed by atoms with Crippen molar-refractivity contribution in [3.8, 4) is 0 Å². The summed E-state index contributed by atoms with van der Waals surface area (Å²) in [4.78, 5) is 0.228. The van der Waals surface area contributed by atoms with Gasteiger partial charge in [0.25, 0.3) is 0 Å². The summed E-state index contributed by atoms with van der Waals surface area (Å²) in [5.74, 6) is 0.307. The molecule has 0 aliphatic heterocycles. The average molecular weight is 314 g/mol. The zero-order valence-electron chi connectivity index (χ0n) is 12.1. The Morgan fingerprint density at radius 1 is 1.30 bits per heavy atom. The van der Waals surface area contributed by atoms with Crippen molar-refractivity contribution in [1.82, 2.24) is 4.72 Å². The predicted octanol–water partition coefficient (Wildman–Crippen LogP) is 2.42. The molecule has 0 radical (unpaired) electrons. The van der Waals surface area contributed by atoms with Crippen molar-refractivity contribution in [1.29, 1.82) is 0 Å². The van der Waals surface area contributed by atoms with Crippen LogP contribution in [-0.4, -0.2) is 19.4 Å². The van der Waals surface area contributed by atoms with Gasteiger partial charge in [0, 0.05) is 11.6 Å². The van der Waals surface area contributed by atoms with Crippen LogP contribution in [0.1, 0.15) is 39.2 Å². The Hall–Kier alpha value is -0.980. The summed E-state index contributed by atoms with van der Waals surface area (Å²) in [6.45, 7) is 6.00. The third-order valence-electron chi connectivity index (χ3n) is 3.54. The highest BCUT2D eigenvalue weighted by Crippen LogP contribution is 2.19. The smallest absolute Gasteiger partial charge is 0.241 e. The Labute approximate surface area is 126 Å². The highest BCUT2D eigenvalue weighted by molar-refractivity contribution is 7.89. The zero-order chi connectivity index (χ0) is 15.3. The molecular formula is C14H22N2O2S2. The third-order valence-corrected chi connectivity index (χ3v) is 5.38. The summed E-state index contributed by atoms with van der Waals surface area (Å²) >= 11 is 4.91. The molecule has 3 N–H and O–H groups in total. The molecule has 1 aromatic carbocycles. The summed E-state index contributed by atoms with van der Waals surface area (Å²) < 4.78 is 27.7. The van der Waals surface area contributed by atoms with Gasteiger partial charge < -0.3 is 5.73 Å². The molecular weight excluding hydrogens is 292 g/mol. The van der Waals surface area contributed by atoms with Gasteiger partial charge in [0.15, 0.2) is 0 Å². The number of hydrogen-bond acceptors (Lipinski definition) is 3. The summed E-state index contributed by atoms with van der Waals surface area (Å²) in [5.41, 5.74) is 5.97. The lowest BCUT2D eigenvalue weighted by Gasteiger charge is -2.23. The van der Waals surface area contributed by atoms with Gasteiger partial charge in [0.2, 0.25) is 10.0 Å². The minimum absolute atomic E-state index is 0.0844. The molecule has 1 aromatic rings. The molecule has 1 atom stereocenters. The van der Waals surface area contributed by atoms with Crippen LogP contribution in [0.25, 0.3) is 0 Å². The quantitative estimate of drug-likeness (QED) is 0.758. The van der Waals surface area contributed by atoms with Crippen LogP contribution in [0.15, 0.2) is 29.2 Å². The fourth-order valence-corrected chi connectivity index (χ4v) is 4.08. The van der Waals surface area contributed by atoms with Gasteiger partial charge in [-0.2, -0.15) is 0 Å². The van der Waals surface area contributed by atoms with Crippen molar-refractivity contribution >= 4 is 27.2 Å². The largest absolute Gasteiger partial charge is 0.389 e. The van der Waals surface area contributed by atoms with E-state index in [9.17, 15) is 8.42 Å². The predicted molar refractivity (Wildman–Crippen MR) is 86.2 cm³/mol. The number of benzene rings is 1. The number of nitrogens with one attached hydrogen (secondary N) is 1. The Kier molecular flexibility index (Phi) is 6.10. The van der Waals surface area contributed by atoms with Crippen LogP contribution >= 0.6 is 12.2 Å². The van der Waals surface area contributed by atoms with E-state index in [0.717, 1.165) is 12.8 Å². The van der Waals surface area contributed by atoms with Crippen LogP contribution < -0.4 is 10.5 Å². The van der Waals surface area contributed by atoms with Crippen LogP contribution in [-0.2, 0) is 10.0 Å². The lowest BCUT2D eigenvalue weighted by molar-refractivity contribution is 0.390. The normalized spacial score (nSPS) is 13.4. The van der Waals surface area contributed by atoms with Crippen LogP contribution in [0.5, 0.6) is 0 Å². The average Bonchev–Trinajstić information content (AvgIpc) is 2.39. The Morgan fingerprint density at radius 3 is 2.35 bits per heavy atom. The minimum atomic E-state index is -3.62. The molecule has 1 unspecified atom stereocenters. The first-order valence-electron chi connectivity index (χ1n) is 6.74. The van der Waals surface area contributed by atoms with Crippen molar-refractivity contribution in [2.75, 3.05) is 0 Å². The van der Waals surface area contributed by atoms with Crippen molar-refractivity contribution in [3.05, 3.63) is 29.8 Å². The number of nitrogens with two attached hydrogens (primary N) is 1. The number of rotatable bonds is 7. The molecule has 0 saturated heterocycles. The minimum Gasteiger partial charge on any atom is -0.389 e. The molecule has 0 amide bonds. The van der Waals surface area contributed by atoms with E-state index in [1.807, 2.05) is 6.92 Å². The van der Waals surface area contributed by atoms with E-state index >= 15 is 0 Å². The Bertz CT molecular complexity index is 566. The van der Waals surface area contributed by atoms with Crippen molar-refractivity contribution in [2.24, 2.45) is 11.7 Å². The molecule has 20 heavy (non-hydrogen) atoms. The van der Waals surface area contributed by atoms with E-state index in [-0.39, 0.29) is 15.9 Å². The number of hydrogen-bond donors (Lipinski definition) is 2. The maximum atomic E-state index is 12.5. The van der Waals surface area contributed by atoms with E-state index in [4.69, 9.17) is 18.0 Å². The molecule has 1 rings (SSSR count). The van der Waals surface area contributed by atoms with Gasteiger partial charge in [0.1, 0.15) is 4.99 Å². The molecule has 0 aliphatic carbocycles. The van der Waals surface area contributed by atoms with Crippen molar-refractivity contribution in [2.45, 2.75) is 44.6 Å². The summed E-state index contributed by atoms with van der Waals surface area (Å²) in [5, 5.41) is 0. The van der Waals surface area contributed by atoms with Gasteiger partial charge >= 0.3 is 0 Å². The highest BCUT2D eigenvalue weighted by atomic mass is 32.2. The second-order valence-corrected chi connectivity index (χ2v) is 6.97. The first-order valence-corrected chi connectivity index (χ1v) is 8.63. The summed E-state index contributed by atoms with van der Waals surface area (Å²) in [7, 11) is -3.62. The van der Waals surface area contributed by atoms with Gasteiger partial charge in [0.05, 0.1) is 4.90 Å². The first kappa shape index (κ1) is 17.1. The van der Waals surface area contributed by atoms with Crippen LogP contribution in [0.2, 0.25) is 0 Å². The molecule has 4 nitrogen and oxygen atoms in total. The van der Waals surface area contributed by atoms with E-state index < -0.39 is 10.0 Å². The Morgan fingerprint density at radius 2 is 1.85 bits per heavy atom. The molecule has 6 heteroatoms. The van der Waals surface area contributed by atoms with Gasteiger partial charge in [-0.3, -0.25) is 0 Å². The van der Waals surface area contributed by atoms with E-state index in [1.165, 1.54) is 6.07 Å². The molecule has 0 heterocycles. The van der Waals surface area contributed by atoms with Gasteiger partial charge in [-0.05, 0) is 18.9 Å². The maximum Gasteiger partial charge on any atom is 0.241 e. The third kappa shape index (κ3) is 4.01. The lowest BCUT2D eigenvalue weighted by Crippen LogP contribution is -2.38. The first-order chi connectivity index (χ1) is 9.33. The summed E-state index contributed by atoms with van der Waals surface area (Å²) in [6, 6.07) is 6.40. The topological polar surface area (TPSA) is 72.2 Å². The van der Waals surface area contributed by atoms with Crippen molar-refractivity contribution in [3.63, 3.8) is 0 Å². The van der Waals surface area contributed by atoms with Gasteiger partial charge in [-0.25, -0.2) is 13.1 Å². The standard InChI is InChI=1S/C14H22N2O2S2/c1-4-11(5-2)10(3)16-20(17,18)13-9-7-6-8-12(13)14(15)19/h6-11,16H,4-5H2,1-3H3,(H2,15,19). The van der Waals surface area contributed by atoms with Crippen LogP contribution in [0.4, 0.5) is 0 Å². The molecule has 0 aliphatic rings. The molecule has 0 spiro atoms. The second-order valence-electron chi connectivity index (χ2n) is 4.85. The van der Waals surface area contributed by atoms with Crippen LogP contribution in [0, 0.1) is 5.92 Å². The fraction of sp³-hybridized carbons (Fsp3) is 0.500. The van der Waals surface area contributed by atoms with E-state index in [1.54, 1.807) is 18.2 Å². The Balaban J connectivity index is 3.09. The van der Waals surface area contributed by atoms with E-state index in [0.29, 0.717) is 11.5 Å². The monoisotopic (exact) mass is 314 g/mol. The molecule has 112 valence electrons. The lowest BCUT2D eigenvalue weighted by atomic mass is 9.96. The highest BCUT2D eigenvalue weighted by Gasteiger charge is 2.24. The zero-order valence-corrected chi connectivity index (χ0v) is 13.7. The molecule has 0 aromatic heterocycles. The molecule has 0 bridgehead atoms. The number of thiocarbonyl (C=S) groups is 1. The summed E-state index contributed by atoms with van der Waals surface area (Å²) in [6.07, 6.45) is 1.86. The fourth-order valence-electron chi connectivity index (χ4n) is 2.30. The second kappa shape index (κ2) is 7.15. The van der Waals surface area contributed by atoms with Gasteiger partial charge in [-0.1, -0.05) is 57.1 Å². The maximum absolute atomic E-state index is 12.5. The van der Waals surface area contributed by atoms with Crippen LogP contribution in [0.3, 0.4) is 0 Å². The van der Waals surface area contributed by atoms with Gasteiger partial charge in [-0.15, -0.1) is 0 Å². The SMILES string of the molecule is CCC(CC)C(C)NS(=O)(=O)c1ccccc1C(N)=S. The number of sulfonamides is 1. The molecule has 0 saturated carbocycles. The van der Waals surface area contributed by atoms with Crippen molar-refractivity contribution < 1.29 is 8.42 Å². The van der Waals surface area contributed by atoms with E-state index in [2.05, 4.69) is 18.6 Å². The molecule has 0 fully saturated rings.